The van der Waals surface area contributed by atoms with Gasteiger partial charge in [-0.3, -0.25) is 4.98 Å². The Bertz CT molecular complexity index is 1410. The lowest BCUT2D eigenvalue weighted by atomic mass is 9.95. The number of hydrogen-bond donors (Lipinski definition) is 3. The number of aromatic nitrogens is 6. The van der Waals surface area contributed by atoms with Crippen molar-refractivity contribution in [2.75, 3.05) is 12.3 Å². The summed E-state index contributed by atoms with van der Waals surface area (Å²) in [5.74, 6) is 0.186. The second kappa shape index (κ2) is 9.21. The van der Waals surface area contributed by atoms with Crippen LogP contribution in [0.4, 0.5) is 5.95 Å². The molecule has 1 aromatic carbocycles. The molecule has 1 aliphatic rings. The molecule has 1 aliphatic carbocycles. The summed E-state index contributed by atoms with van der Waals surface area (Å²) >= 11 is 0. The molecule has 176 valence electrons. The summed E-state index contributed by atoms with van der Waals surface area (Å²) in [4.78, 5) is 13.3. The lowest BCUT2D eigenvalue weighted by molar-refractivity contribution is 0.0319. The summed E-state index contributed by atoms with van der Waals surface area (Å²) in [6.07, 6.45) is 3.60. The van der Waals surface area contributed by atoms with E-state index in [0.717, 1.165) is 17.7 Å². The van der Waals surface area contributed by atoms with E-state index in [2.05, 4.69) is 31.3 Å². The molecule has 0 radical (unpaired) electrons. The van der Waals surface area contributed by atoms with Crippen molar-refractivity contribution in [3.63, 3.8) is 0 Å². The van der Waals surface area contributed by atoms with Gasteiger partial charge in [-0.2, -0.15) is 5.26 Å². The minimum Gasteiger partial charge on any atom is -0.396 e. The maximum atomic E-state index is 11.0. The molecule has 0 spiro atoms. The molecular weight excluding hydrogens is 444 g/mol. The minimum atomic E-state index is -1.02. The van der Waals surface area contributed by atoms with Crippen molar-refractivity contribution >= 4 is 5.95 Å². The number of nitrogens with zero attached hydrogens (tertiary/aromatic N) is 7. The Morgan fingerprint density at radius 3 is 2.71 bits per heavy atom. The van der Waals surface area contributed by atoms with Gasteiger partial charge in [0.25, 0.3) is 0 Å². The maximum Gasteiger partial charge on any atom is 0.221 e. The smallest absolute Gasteiger partial charge is 0.221 e. The van der Waals surface area contributed by atoms with E-state index in [4.69, 9.17) is 5.73 Å². The SMILES string of the molecule is N#Cc1cccc(-c2cc(-c3cn(Cc4cccc(C5(O)CCC(CO)C5)n4)nn3)nc(N)n2)c1. The molecule has 0 aliphatic heterocycles. The van der Waals surface area contributed by atoms with Crippen molar-refractivity contribution in [3.05, 3.63) is 71.7 Å². The Balaban J connectivity index is 1.38. The molecular formula is C25H24N8O2. The Morgan fingerprint density at radius 1 is 1.09 bits per heavy atom. The fourth-order valence-corrected chi connectivity index (χ4v) is 4.49. The highest BCUT2D eigenvalue weighted by atomic mass is 16.3. The zero-order valence-corrected chi connectivity index (χ0v) is 18.9. The first-order valence-electron chi connectivity index (χ1n) is 11.3. The van der Waals surface area contributed by atoms with E-state index in [9.17, 15) is 15.5 Å². The van der Waals surface area contributed by atoms with Crippen LogP contribution in [0, 0.1) is 17.2 Å². The van der Waals surface area contributed by atoms with Crippen LogP contribution in [-0.4, -0.2) is 46.8 Å². The first kappa shape index (κ1) is 22.6. The number of aliphatic hydroxyl groups is 2. The fourth-order valence-electron chi connectivity index (χ4n) is 4.49. The fraction of sp³-hybridized carbons (Fsp3) is 0.280. The number of aliphatic hydroxyl groups excluding tert-OH is 1. The van der Waals surface area contributed by atoms with Crippen molar-refractivity contribution in [3.8, 4) is 28.7 Å². The number of nitrogen functional groups attached to an aromatic ring is 1. The van der Waals surface area contributed by atoms with Gasteiger partial charge < -0.3 is 15.9 Å². The highest BCUT2D eigenvalue weighted by Gasteiger charge is 2.39. The quantitative estimate of drug-likeness (QED) is 0.386. The van der Waals surface area contributed by atoms with Gasteiger partial charge in [-0.25, -0.2) is 14.6 Å². The molecule has 3 aromatic heterocycles. The number of nitrogens with two attached hydrogens (primary N) is 1. The van der Waals surface area contributed by atoms with E-state index in [1.165, 1.54) is 0 Å². The number of rotatable bonds is 6. The summed E-state index contributed by atoms with van der Waals surface area (Å²) in [5.41, 5.74) is 9.17. The van der Waals surface area contributed by atoms with E-state index in [0.29, 0.717) is 47.7 Å². The van der Waals surface area contributed by atoms with Crippen LogP contribution < -0.4 is 5.73 Å². The average molecular weight is 469 g/mol. The number of pyridine rings is 1. The van der Waals surface area contributed by atoms with Crippen LogP contribution in [0.2, 0.25) is 0 Å². The van der Waals surface area contributed by atoms with Crippen molar-refractivity contribution in [1.82, 2.24) is 29.9 Å². The molecule has 4 aromatic rings. The van der Waals surface area contributed by atoms with Gasteiger partial charge in [0, 0.05) is 12.2 Å². The van der Waals surface area contributed by atoms with Gasteiger partial charge >= 0.3 is 0 Å². The number of benzene rings is 1. The molecule has 0 saturated heterocycles. The second-order valence-corrected chi connectivity index (χ2v) is 8.83. The van der Waals surface area contributed by atoms with Gasteiger partial charge in [-0.05, 0) is 55.5 Å². The van der Waals surface area contributed by atoms with Crippen molar-refractivity contribution in [1.29, 1.82) is 5.26 Å². The van der Waals surface area contributed by atoms with Crippen molar-refractivity contribution in [2.24, 2.45) is 5.92 Å². The monoisotopic (exact) mass is 468 g/mol. The van der Waals surface area contributed by atoms with E-state index >= 15 is 0 Å². The van der Waals surface area contributed by atoms with Crippen molar-refractivity contribution < 1.29 is 10.2 Å². The van der Waals surface area contributed by atoms with E-state index < -0.39 is 5.60 Å². The van der Waals surface area contributed by atoms with Crippen LogP contribution in [-0.2, 0) is 12.1 Å². The minimum absolute atomic E-state index is 0.0722. The molecule has 5 rings (SSSR count). The first-order chi connectivity index (χ1) is 17.0. The van der Waals surface area contributed by atoms with Gasteiger partial charge in [-0.1, -0.05) is 23.4 Å². The van der Waals surface area contributed by atoms with Crippen LogP contribution in [0.1, 0.15) is 36.2 Å². The summed E-state index contributed by atoms with van der Waals surface area (Å²) in [6.45, 7) is 0.431. The number of anilines is 1. The predicted octanol–water partition coefficient (Wildman–Crippen LogP) is 2.28. The van der Waals surface area contributed by atoms with E-state index in [1.54, 1.807) is 35.1 Å². The molecule has 0 amide bonds. The molecule has 2 atom stereocenters. The maximum absolute atomic E-state index is 11.0. The molecule has 0 bridgehead atoms. The van der Waals surface area contributed by atoms with E-state index in [-0.39, 0.29) is 18.5 Å². The lowest BCUT2D eigenvalue weighted by Crippen LogP contribution is -2.24. The molecule has 3 heterocycles. The normalized spacial score (nSPS) is 19.5. The molecule has 35 heavy (non-hydrogen) atoms. The third-order valence-electron chi connectivity index (χ3n) is 6.29. The van der Waals surface area contributed by atoms with Crippen molar-refractivity contribution in [2.45, 2.75) is 31.4 Å². The predicted molar refractivity (Wildman–Crippen MR) is 127 cm³/mol. The van der Waals surface area contributed by atoms with Crippen LogP contribution in [0.25, 0.3) is 22.6 Å². The average Bonchev–Trinajstić information content (AvgIpc) is 3.51. The third kappa shape index (κ3) is 4.73. The zero-order chi connectivity index (χ0) is 24.4. The number of nitriles is 1. The van der Waals surface area contributed by atoms with Gasteiger partial charge in [0.05, 0.1) is 47.1 Å². The summed E-state index contributed by atoms with van der Waals surface area (Å²) in [5, 5.41) is 38.1. The Kier molecular flexibility index (Phi) is 5.94. The van der Waals surface area contributed by atoms with Gasteiger partial charge in [-0.15, -0.1) is 5.10 Å². The molecule has 10 nitrogen and oxygen atoms in total. The summed E-state index contributed by atoms with van der Waals surface area (Å²) in [7, 11) is 0. The van der Waals surface area contributed by atoms with Crippen LogP contribution in [0.5, 0.6) is 0 Å². The molecule has 2 unspecified atom stereocenters. The van der Waals surface area contributed by atoms with E-state index in [1.807, 2.05) is 24.3 Å². The standard InChI is InChI=1S/C25H24N8O2/c26-12-16-3-1-4-18(9-16)20-10-21(30-24(27)29-20)22-14-33(32-31-22)13-19-5-2-6-23(28-19)25(35)8-7-17(11-25)15-34/h1-6,9-10,14,17,34-35H,7-8,11,13,15H2,(H2,27,29,30). The van der Waals surface area contributed by atoms with Crippen LogP contribution >= 0.6 is 0 Å². The Hall–Kier alpha value is -4.20. The Labute approximate surface area is 201 Å². The third-order valence-corrected chi connectivity index (χ3v) is 6.29. The topological polar surface area (TPSA) is 160 Å². The van der Waals surface area contributed by atoms with Gasteiger partial charge in [0.1, 0.15) is 11.3 Å². The first-order valence-corrected chi connectivity index (χ1v) is 11.3. The summed E-state index contributed by atoms with van der Waals surface area (Å²) < 4.78 is 1.64. The van der Waals surface area contributed by atoms with Gasteiger partial charge in [0.15, 0.2) is 0 Å². The van der Waals surface area contributed by atoms with Gasteiger partial charge in [0.2, 0.25) is 5.95 Å². The summed E-state index contributed by atoms with van der Waals surface area (Å²) in [6, 6.07) is 16.5. The second-order valence-electron chi connectivity index (χ2n) is 8.83. The number of hydrogen-bond acceptors (Lipinski definition) is 9. The molecule has 10 heteroatoms. The van der Waals surface area contributed by atoms with Crippen LogP contribution in [0.15, 0.2) is 54.7 Å². The highest BCUT2D eigenvalue weighted by molar-refractivity contribution is 5.68. The van der Waals surface area contributed by atoms with Crippen LogP contribution in [0.3, 0.4) is 0 Å². The largest absolute Gasteiger partial charge is 0.396 e. The molecule has 1 saturated carbocycles. The Morgan fingerprint density at radius 2 is 1.91 bits per heavy atom. The highest BCUT2D eigenvalue weighted by Crippen LogP contribution is 2.41. The lowest BCUT2D eigenvalue weighted by Gasteiger charge is -2.22. The molecule has 4 N–H and O–H groups in total. The molecule has 1 fully saturated rings. The zero-order valence-electron chi connectivity index (χ0n) is 18.9.